The summed E-state index contributed by atoms with van der Waals surface area (Å²) in [6, 6.07) is 7.98. The Morgan fingerprint density at radius 3 is 2.93 bits per heavy atom. The van der Waals surface area contributed by atoms with Crippen LogP contribution in [-0.4, -0.2) is 15.7 Å². The zero-order valence-electron chi connectivity index (χ0n) is 8.82. The third-order valence-electron chi connectivity index (χ3n) is 2.34. The summed E-state index contributed by atoms with van der Waals surface area (Å²) >= 11 is 0. The topological polar surface area (TPSA) is 46.9 Å². The van der Waals surface area contributed by atoms with E-state index in [1.54, 1.807) is 0 Å². The van der Waals surface area contributed by atoms with Crippen molar-refractivity contribution in [2.24, 2.45) is 7.05 Å². The molecule has 0 aliphatic heterocycles. The number of para-hydroxylation sites is 1. The van der Waals surface area contributed by atoms with Crippen LogP contribution in [0.15, 0.2) is 24.3 Å². The van der Waals surface area contributed by atoms with Gasteiger partial charge in [-0.05, 0) is 6.07 Å². The van der Waals surface area contributed by atoms with Crippen LogP contribution >= 0.6 is 0 Å². The van der Waals surface area contributed by atoms with Gasteiger partial charge in [0, 0.05) is 19.4 Å². The molecular weight excluding hydrogens is 190 g/mol. The molecule has 0 spiro atoms. The molecule has 15 heavy (non-hydrogen) atoms. The van der Waals surface area contributed by atoms with Gasteiger partial charge in [-0.15, -0.1) is 0 Å². The maximum atomic E-state index is 10.8. The number of aromatic nitrogens is 2. The minimum Gasteiger partial charge on any atom is -0.351 e. The number of aryl methyl sites for hydroxylation is 1. The number of carbonyl (C=O) groups excluding carboxylic acids is 1. The second kappa shape index (κ2) is 3.73. The van der Waals surface area contributed by atoms with Gasteiger partial charge in [0.1, 0.15) is 0 Å². The highest BCUT2D eigenvalue weighted by molar-refractivity contribution is 5.82. The van der Waals surface area contributed by atoms with Gasteiger partial charge >= 0.3 is 0 Å². The number of nitrogens with one attached hydrogen (secondary N) is 1. The van der Waals surface area contributed by atoms with Crippen LogP contribution in [0.5, 0.6) is 0 Å². The van der Waals surface area contributed by atoms with Crippen LogP contribution in [0.1, 0.15) is 12.6 Å². The number of hydrogen-bond donors (Lipinski definition) is 1. The average molecular weight is 203 g/mol. The van der Waals surface area contributed by atoms with E-state index in [1.807, 2.05) is 36.0 Å². The van der Waals surface area contributed by atoms with Gasteiger partial charge in [0.15, 0.2) is 0 Å². The number of carbonyl (C=O) groups is 1. The fourth-order valence-electron chi connectivity index (χ4n) is 1.63. The lowest BCUT2D eigenvalue weighted by molar-refractivity contribution is -0.119. The SMILES string of the molecule is CC(=O)NCc1nn(C)c2ccccc12. The summed E-state index contributed by atoms with van der Waals surface area (Å²) < 4.78 is 1.83. The minimum absolute atomic E-state index is 0.0373. The van der Waals surface area contributed by atoms with Crippen molar-refractivity contribution in [3.63, 3.8) is 0 Å². The quantitative estimate of drug-likeness (QED) is 0.797. The van der Waals surface area contributed by atoms with Gasteiger partial charge in [0.05, 0.1) is 17.8 Å². The number of rotatable bonds is 2. The van der Waals surface area contributed by atoms with Crippen molar-refractivity contribution in [3.05, 3.63) is 30.0 Å². The molecule has 0 aliphatic rings. The molecule has 1 aromatic heterocycles. The third kappa shape index (κ3) is 1.83. The molecule has 78 valence electrons. The van der Waals surface area contributed by atoms with Crippen molar-refractivity contribution >= 4 is 16.8 Å². The van der Waals surface area contributed by atoms with E-state index in [9.17, 15) is 4.79 Å². The lowest BCUT2D eigenvalue weighted by Gasteiger charge is -1.97. The van der Waals surface area contributed by atoms with Crippen molar-refractivity contribution in [2.45, 2.75) is 13.5 Å². The average Bonchev–Trinajstić information content (AvgIpc) is 2.54. The van der Waals surface area contributed by atoms with Crippen LogP contribution in [0.2, 0.25) is 0 Å². The predicted molar refractivity (Wildman–Crippen MR) is 58.2 cm³/mol. The van der Waals surface area contributed by atoms with E-state index in [0.29, 0.717) is 6.54 Å². The Labute approximate surface area is 87.9 Å². The molecule has 0 saturated carbocycles. The van der Waals surface area contributed by atoms with Gasteiger partial charge in [-0.2, -0.15) is 5.10 Å². The Morgan fingerprint density at radius 1 is 1.47 bits per heavy atom. The van der Waals surface area contributed by atoms with Crippen LogP contribution in [-0.2, 0) is 18.4 Å². The first-order valence-electron chi connectivity index (χ1n) is 4.83. The zero-order valence-corrected chi connectivity index (χ0v) is 8.82. The Kier molecular flexibility index (Phi) is 2.41. The van der Waals surface area contributed by atoms with Gasteiger partial charge in [-0.1, -0.05) is 18.2 Å². The van der Waals surface area contributed by atoms with E-state index in [0.717, 1.165) is 16.6 Å². The summed E-state index contributed by atoms with van der Waals surface area (Å²) in [5, 5.41) is 8.21. The molecule has 1 heterocycles. The number of fused-ring (bicyclic) bond motifs is 1. The summed E-state index contributed by atoms with van der Waals surface area (Å²) in [5.41, 5.74) is 1.99. The van der Waals surface area contributed by atoms with Crippen molar-refractivity contribution in [3.8, 4) is 0 Å². The molecule has 4 nitrogen and oxygen atoms in total. The molecule has 0 fully saturated rings. The highest BCUT2D eigenvalue weighted by atomic mass is 16.1. The summed E-state index contributed by atoms with van der Waals surface area (Å²) in [4.78, 5) is 10.8. The van der Waals surface area contributed by atoms with E-state index in [4.69, 9.17) is 0 Å². The maximum absolute atomic E-state index is 10.8. The third-order valence-corrected chi connectivity index (χ3v) is 2.34. The number of hydrogen-bond acceptors (Lipinski definition) is 2. The number of amides is 1. The lowest BCUT2D eigenvalue weighted by Crippen LogP contribution is -2.19. The largest absolute Gasteiger partial charge is 0.351 e. The Morgan fingerprint density at radius 2 is 2.20 bits per heavy atom. The van der Waals surface area contributed by atoms with E-state index in [1.165, 1.54) is 6.92 Å². The molecular formula is C11H13N3O. The van der Waals surface area contributed by atoms with Crippen LogP contribution in [0, 0.1) is 0 Å². The molecule has 0 saturated heterocycles. The minimum atomic E-state index is -0.0373. The molecule has 2 rings (SSSR count). The summed E-state index contributed by atoms with van der Waals surface area (Å²) in [5.74, 6) is -0.0373. The van der Waals surface area contributed by atoms with E-state index >= 15 is 0 Å². The fourth-order valence-corrected chi connectivity index (χ4v) is 1.63. The molecule has 0 radical (unpaired) electrons. The molecule has 0 unspecified atom stereocenters. The van der Waals surface area contributed by atoms with Gasteiger partial charge in [0.25, 0.3) is 0 Å². The zero-order chi connectivity index (χ0) is 10.8. The van der Waals surface area contributed by atoms with Gasteiger partial charge < -0.3 is 5.32 Å². The summed E-state index contributed by atoms with van der Waals surface area (Å²) in [6.07, 6.45) is 0. The molecule has 1 N–H and O–H groups in total. The second-order valence-electron chi connectivity index (χ2n) is 3.50. The normalized spacial score (nSPS) is 10.5. The molecule has 0 bridgehead atoms. The summed E-state index contributed by atoms with van der Waals surface area (Å²) in [6.45, 7) is 1.99. The van der Waals surface area contributed by atoms with Gasteiger partial charge in [-0.3, -0.25) is 9.48 Å². The first-order valence-corrected chi connectivity index (χ1v) is 4.83. The Balaban J connectivity index is 2.39. The van der Waals surface area contributed by atoms with Crippen molar-refractivity contribution in [1.29, 1.82) is 0 Å². The molecule has 2 aromatic rings. The van der Waals surface area contributed by atoms with E-state index < -0.39 is 0 Å². The van der Waals surface area contributed by atoms with Crippen molar-refractivity contribution < 1.29 is 4.79 Å². The summed E-state index contributed by atoms with van der Waals surface area (Å²) in [7, 11) is 1.90. The Hall–Kier alpha value is -1.84. The fraction of sp³-hybridized carbons (Fsp3) is 0.273. The van der Waals surface area contributed by atoms with Crippen LogP contribution in [0.25, 0.3) is 10.9 Å². The highest BCUT2D eigenvalue weighted by Gasteiger charge is 2.07. The molecule has 1 aromatic carbocycles. The Bertz CT molecular complexity index is 502. The van der Waals surface area contributed by atoms with Crippen molar-refractivity contribution in [2.75, 3.05) is 0 Å². The van der Waals surface area contributed by atoms with E-state index in [-0.39, 0.29) is 5.91 Å². The van der Waals surface area contributed by atoms with Gasteiger partial charge in [0.2, 0.25) is 5.91 Å². The molecule has 0 atom stereocenters. The van der Waals surface area contributed by atoms with Crippen molar-refractivity contribution in [1.82, 2.24) is 15.1 Å². The van der Waals surface area contributed by atoms with Gasteiger partial charge in [-0.25, -0.2) is 0 Å². The van der Waals surface area contributed by atoms with Crippen LogP contribution < -0.4 is 5.32 Å². The standard InChI is InChI=1S/C11H13N3O/c1-8(15)12-7-10-9-5-3-4-6-11(9)14(2)13-10/h3-6H,7H2,1-2H3,(H,12,15). The smallest absolute Gasteiger partial charge is 0.217 e. The monoisotopic (exact) mass is 203 g/mol. The molecule has 4 heteroatoms. The lowest BCUT2D eigenvalue weighted by atomic mass is 10.2. The van der Waals surface area contributed by atoms with Crippen LogP contribution in [0.3, 0.4) is 0 Å². The first-order chi connectivity index (χ1) is 7.18. The van der Waals surface area contributed by atoms with Crippen LogP contribution in [0.4, 0.5) is 0 Å². The molecule has 0 aliphatic carbocycles. The molecule has 1 amide bonds. The predicted octanol–water partition coefficient (Wildman–Crippen LogP) is 1.21. The number of benzene rings is 1. The van der Waals surface area contributed by atoms with E-state index in [2.05, 4.69) is 10.4 Å². The number of nitrogens with zero attached hydrogens (tertiary/aromatic N) is 2. The second-order valence-corrected chi connectivity index (χ2v) is 3.50. The first kappa shape index (κ1) is 9.71. The maximum Gasteiger partial charge on any atom is 0.217 e. The highest BCUT2D eigenvalue weighted by Crippen LogP contribution is 2.16.